The summed E-state index contributed by atoms with van der Waals surface area (Å²) in [5.41, 5.74) is 1.82. The summed E-state index contributed by atoms with van der Waals surface area (Å²) < 4.78 is 33.0. The predicted octanol–water partition coefficient (Wildman–Crippen LogP) is 6.88. The molecule has 0 aromatic heterocycles. The van der Waals surface area contributed by atoms with Crippen molar-refractivity contribution in [2.75, 3.05) is 0 Å². The number of benzene rings is 3. The normalized spacial score (nSPS) is 10.9. The van der Waals surface area contributed by atoms with Crippen molar-refractivity contribution in [2.24, 2.45) is 10.2 Å². The van der Waals surface area contributed by atoms with E-state index in [0.717, 1.165) is 0 Å². The molecule has 0 heterocycles. The van der Waals surface area contributed by atoms with Crippen LogP contribution in [0.15, 0.2) is 63.7 Å². The second-order valence-corrected chi connectivity index (χ2v) is 7.07. The highest BCUT2D eigenvalue weighted by atomic mass is 32.2. The Morgan fingerprint density at radius 3 is 1.93 bits per heavy atom. The molecule has 0 radical (unpaired) electrons. The fraction of sp³-hybridized carbons (Fsp3) is 0.273. The van der Waals surface area contributed by atoms with Crippen LogP contribution in [0, 0.1) is 13.8 Å². The first kappa shape index (κ1) is 24.3. The second-order valence-electron chi connectivity index (χ2n) is 5.71. The minimum atomic E-state index is -4.43. The molecule has 0 aliphatic rings. The topological polar surface area (TPSA) is 99.3 Å². The molecular weight excluding hydrogens is 388 g/mol. The molecule has 6 nitrogen and oxygen atoms in total. The lowest BCUT2D eigenvalue weighted by molar-refractivity contribution is 0.481. The van der Waals surface area contributed by atoms with Gasteiger partial charge in [0.25, 0.3) is 10.1 Å². The minimum absolute atomic E-state index is 0.181. The third-order valence-electron chi connectivity index (χ3n) is 3.89. The highest BCUT2D eigenvalue weighted by Gasteiger charge is 2.21. The Morgan fingerprint density at radius 1 is 0.793 bits per heavy atom. The van der Waals surface area contributed by atoms with Crippen LogP contribution < -0.4 is 0 Å². The van der Waals surface area contributed by atoms with Crippen molar-refractivity contribution < 1.29 is 18.1 Å². The van der Waals surface area contributed by atoms with Crippen molar-refractivity contribution in [1.29, 1.82) is 0 Å². The van der Waals surface area contributed by atoms with E-state index in [4.69, 9.17) is 0 Å². The molecule has 0 fully saturated rings. The summed E-state index contributed by atoms with van der Waals surface area (Å²) in [6.45, 7) is 11.3. The first-order valence-corrected chi connectivity index (χ1v) is 10.9. The molecule has 156 valence electrons. The summed E-state index contributed by atoms with van der Waals surface area (Å²) in [5.74, 6) is -0.181. The van der Waals surface area contributed by atoms with Crippen molar-refractivity contribution in [3.05, 3.63) is 59.7 Å². The maximum atomic E-state index is 11.7. The molecule has 0 aliphatic heterocycles. The summed E-state index contributed by atoms with van der Waals surface area (Å²) in [6.07, 6.45) is 0. The maximum absolute atomic E-state index is 11.7. The Hall–Kier alpha value is -2.77. The third kappa shape index (κ3) is 5.62. The van der Waals surface area contributed by atoms with Gasteiger partial charge in [0.05, 0.1) is 5.69 Å². The zero-order valence-electron chi connectivity index (χ0n) is 17.6. The summed E-state index contributed by atoms with van der Waals surface area (Å²) in [5, 5.41) is 19.3. The molecule has 29 heavy (non-hydrogen) atoms. The number of phenolic OH excluding ortho intramolecular Hbond substituents is 1. The van der Waals surface area contributed by atoms with E-state index in [1.165, 1.54) is 6.07 Å². The van der Waals surface area contributed by atoms with Gasteiger partial charge in [0.1, 0.15) is 10.6 Å². The van der Waals surface area contributed by atoms with E-state index in [-0.39, 0.29) is 27.1 Å². The number of aryl methyl sites for hydroxylation is 2. The minimum Gasteiger partial charge on any atom is -0.505 e. The second kappa shape index (κ2) is 10.7. The summed E-state index contributed by atoms with van der Waals surface area (Å²) in [6, 6.07) is 13.7. The van der Waals surface area contributed by atoms with Crippen LogP contribution in [0.2, 0.25) is 0 Å². The summed E-state index contributed by atoms with van der Waals surface area (Å²) in [4.78, 5) is -0.213. The number of rotatable bonds is 3. The molecule has 7 heteroatoms. The molecule has 2 N–H and O–H groups in total. The number of hydrogen-bond acceptors (Lipinski definition) is 5. The van der Waals surface area contributed by atoms with Gasteiger partial charge in [-0.15, -0.1) is 5.11 Å². The molecule has 3 aromatic rings. The van der Waals surface area contributed by atoms with Crippen molar-refractivity contribution in [3.63, 3.8) is 0 Å². The highest BCUT2D eigenvalue weighted by Crippen LogP contribution is 2.41. The molecule has 3 rings (SSSR count). The van der Waals surface area contributed by atoms with Crippen LogP contribution >= 0.6 is 0 Å². The van der Waals surface area contributed by atoms with Crippen molar-refractivity contribution in [1.82, 2.24) is 0 Å². The van der Waals surface area contributed by atoms with E-state index in [1.807, 2.05) is 45.9 Å². The Bertz CT molecular complexity index is 1090. The first-order valence-electron chi connectivity index (χ1n) is 9.49. The lowest BCUT2D eigenvalue weighted by atomic mass is 10.0. The van der Waals surface area contributed by atoms with E-state index in [0.29, 0.717) is 16.8 Å². The predicted molar refractivity (Wildman–Crippen MR) is 118 cm³/mol. The lowest BCUT2D eigenvalue weighted by Crippen LogP contribution is -2.02. The molecular formula is C22H28N2O4S. The molecule has 0 amide bonds. The van der Waals surface area contributed by atoms with Gasteiger partial charge in [0.2, 0.25) is 0 Å². The average molecular weight is 417 g/mol. The molecule has 0 atom stereocenters. The van der Waals surface area contributed by atoms with Crippen molar-refractivity contribution in [2.45, 2.75) is 46.4 Å². The number of azo groups is 1. The van der Waals surface area contributed by atoms with Crippen molar-refractivity contribution in [3.8, 4) is 5.75 Å². The van der Waals surface area contributed by atoms with E-state index >= 15 is 0 Å². The van der Waals surface area contributed by atoms with Gasteiger partial charge in [-0.1, -0.05) is 58.0 Å². The van der Waals surface area contributed by atoms with Crippen LogP contribution in [0.3, 0.4) is 0 Å². The van der Waals surface area contributed by atoms with Crippen LogP contribution in [0.25, 0.3) is 10.8 Å². The number of hydrogen-bond donors (Lipinski definition) is 2. The van der Waals surface area contributed by atoms with Gasteiger partial charge in [0, 0.05) is 10.8 Å². The van der Waals surface area contributed by atoms with E-state index in [2.05, 4.69) is 10.2 Å². The van der Waals surface area contributed by atoms with Crippen LogP contribution in [0.1, 0.15) is 38.8 Å². The monoisotopic (exact) mass is 416 g/mol. The van der Waals surface area contributed by atoms with Crippen molar-refractivity contribution >= 4 is 32.3 Å². The number of phenols is 1. The molecule has 0 aliphatic carbocycles. The Kier molecular flexibility index (Phi) is 8.94. The smallest absolute Gasteiger partial charge is 0.295 e. The Morgan fingerprint density at radius 2 is 1.38 bits per heavy atom. The Balaban J connectivity index is 0.000000989. The van der Waals surface area contributed by atoms with Crippen LogP contribution in [-0.2, 0) is 10.1 Å². The number of fused-ring (bicyclic) bond motifs is 1. The summed E-state index contributed by atoms with van der Waals surface area (Å²) >= 11 is 0. The first-order chi connectivity index (χ1) is 13.8. The molecule has 3 aromatic carbocycles. The zero-order chi connectivity index (χ0) is 22.2. The maximum Gasteiger partial charge on any atom is 0.295 e. The molecule has 0 bridgehead atoms. The third-order valence-corrected chi connectivity index (χ3v) is 4.94. The molecule has 0 saturated heterocycles. The lowest BCUT2D eigenvalue weighted by Gasteiger charge is -2.12. The fourth-order valence-corrected chi connectivity index (χ4v) is 3.65. The van der Waals surface area contributed by atoms with Gasteiger partial charge in [-0.2, -0.15) is 13.5 Å². The number of nitrogens with zero attached hydrogens (tertiary/aromatic N) is 2. The molecule has 0 spiro atoms. The van der Waals surface area contributed by atoms with E-state index < -0.39 is 10.1 Å². The van der Waals surface area contributed by atoms with Gasteiger partial charge in [-0.3, -0.25) is 4.55 Å². The van der Waals surface area contributed by atoms with Crippen LogP contribution in [0.4, 0.5) is 11.4 Å². The fourth-order valence-electron chi connectivity index (χ4n) is 2.73. The van der Waals surface area contributed by atoms with E-state index in [9.17, 15) is 18.1 Å². The Labute approximate surface area is 172 Å². The van der Waals surface area contributed by atoms with Gasteiger partial charge in [-0.25, -0.2) is 0 Å². The zero-order valence-corrected chi connectivity index (χ0v) is 18.4. The van der Waals surface area contributed by atoms with E-state index in [1.54, 1.807) is 38.1 Å². The summed E-state index contributed by atoms with van der Waals surface area (Å²) in [7, 11) is -4.43. The van der Waals surface area contributed by atoms with Crippen LogP contribution in [0.5, 0.6) is 5.75 Å². The standard InChI is InChI=1S/C18H16N2O4S.2C2H6/c1-11-8-9-14-15(18(11)25(22,23)24)10-12(2)16(17(14)21)20-19-13-6-4-3-5-7-13;2*1-2/h3-10,21H,1-2H3,(H,22,23,24);2*1-2H3. The highest BCUT2D eigenvalue weighted by molar-refractivity contribution is 7.86. The molecule has 0 unspecified atom stereocenters. The largest absolute Gasteiger partial charge is 0.505 e. The van der Waals surface area contributed by atoms with Gasteiger partial charge >= 0.3 is 0 Å². The van der Waals surface area contributed by atoms with Gasteiger partial charge in [-0.05, 0) is 43.2 Å². The molecule has 0 saturated carbocycles. The SMILES string of the molecule is CC.CC.Cc1cc2c(S(=O)(=O)O)c(C)ccc2c(O)c1N=Nc1ccccc1. The van der Waals surface area contributed by atoms with Gasteiger partial charge in [0.15, 0.2) is 5.75 Å². The average Bonchev–Trinajstić information content (AvgIpc) is 2.70. The van der Waals surface area contributed by atoms with Gasteiger partial charge < -0.3 is 5.11 Å². The quantitative estimate of drug-likeness (QED) is 0.359. The number of aromatic hydroxyl groups is 1. The van der Waals surface area contributed by atoms with Crippen LogP contribution in [-0.4, -0.2) is 18.1 Å².